The second-order valence-corrected chi connectivity index (χ2v) is 4.24. The van der Waals surface area contributed by atoms with Gasteiger partial charge in [0.1, 0.15) is 11.5 Å². The second kappa shape index (κ2) is 5.10. The van der Waals surface area contributed by atoms with Crippen LogP contribution < -0.4 is 16.2 Å². The smallest absolute Gasteiger partial charge is 0.150 e. The summed E-state index contributed by atoms with van der Waals surface area (Å²) in [5, 5.41) is 0.831. The monoisotopic (exact) mass is 292 g/mol. The zero-order valence-electron chi connectivity index (χ0n) is 9.19. The van der Waals surface area contributed by atoms with Crippen molar-refractivity contribution in [3.8, 4) is 11.5 Å². The van der Waals surface area contributed by atoms with Crippen LogP contribution >= 0.6 is 15.9 Å². The van der Waals surface area contributed by atoms with Crippen LogP contribution in [0.4, 0.5) is 11.4 Å². The third kappa shape index (κ3) is 2.91. The van der Waals surface area contributed by atoms with Gasteiger partial charge in [0.05, 0.1) is 5.69 Å². The Kier molecular flexibility index (Phi) is 3.54. The molecule has 0 amide bonds. The molecule has 0 spiro atoms. The van der Waals surface area contributed by atoms with Gasteiger partial charge in [-0.15, -0.1) is 0 Å². The van der Waals surface area contributed by atoms with Crippen molar-refractivity contribution in [1.29, 1.82) is 0 Å². The van der Waals surface area contributed by atoms with Gasteiger partial charge in [-0.25, -0.2) is 0 Å². The highest BCUT2D eigenvalue weighted by atomic mass is 79.9. The summed E-state index contributed by atoms with van der Waals surface area (Å²) in [6.07, 6.45) is 0. The molecule has 88 valence electrons. The molecule has 0 aliphatic rings. The Labute approximate surface area is 109 Å². The van der Waals surface area contributed by atoms with Gasteiger partial charge in [0.15, 0.2) is 0 Å². The summed E-state index contributed by atoms with van der Waals surface area (Å²) < 4.78 is 5.67. The van der Waals surface area contributed by atoms with Gasteiger partial charge in [-0.2, -0.15) is 0 Å². The Morgan fingerprint density at radius 3 is 2.29 bits per heavy atom. The normalized spacial score (nSPS) is 10.2. The summed E-state index contributed by atoms with van der Waals surface area (Å²) in [6, 6.07) is 13.0. The molecule has 0 aliphatic carbocycles. The summed E-state index contributed by atoms with van der Waals surface area (Å²) >= 11 is 3.39. The minimum atomic E-state index is 0.537. The Hall–Kier alpha value is -1.68. The molecule has 0 bridgehead atoms. The van der Waals surface area contributed by atoms with Gasteiger partial charge >= 0.3 is 0 Å². The lowest BCUT2D eigenvalue weighted by Gasteiger charge is -2.09. The quantitative estimate of drug-likeness (QED) is 0.672. The van der Waals surface area contributed by atoms with Gasteiger partial charge in [0, 0.05) is 11.0 Å². The number of rotatable bonds is 3. The maximum absolute atomic E-state index is 5.81. The van der Waals surface area contributed by atoms with Gasteiger partial charge in [-0.05, 0) is 35.9 Å². The van der Waals surface area contributed by atoms with E-state index in [-0.39, 0.29) is 0 Å². The fourth-order valence-electron chi connectivity index (χ4n) is 1.43. The molecule has 0 fully saturated rings. The number of alkyl halides is 1. The largest absolute Gasteiger partial charge is 0.455 e. The number of hydrogen-bond donors (Lipinski definition) is 2. The average Bonchev–Trinajstić information content (AvgIpc) is 2.34. The molecule has 0 aliphatic heterocycles. The van der Waals surface area contributed by atoms with Crippen molar-refractivity contribution in [3.05, 3.63) is 48.0 Å². The van der Waals surface area contributed by atoms with E-state index in [1.54, 1.807) is 18.2 Å². The molecule has 0 heterocycles. The molecule has 0 saturated heterocycles. The minimum absolute atomic E-state index is 0.537. The first-order valence-electron chi connectivity index (χ1n) is 5.17. The maximum Gasteiger partial charge on any atom is 0.150 e. The molecule has 17 heavy (non-hydrogen) atoms. The van der Waals surface area contributed by atoms with Crippen molar-refractivity contribution in [2.45, 2.75) is 5.33 Å². The van der Waals surface area contributed by atoms with Crippen LogP contribution in [0.3, 0.4) is 0 Å². The molecule has 2 rings (SSSR count). The van der Waals surface area contributed by atoms with Crippen LogP contribution in [0.25, 0.3) is 0 Å². The number of ether oxygens (including phenoxy) is 1. The van der Waals surface area contributed by atoms with E-state index in [0.29, 0.717) is 17.1 Å². The molecular formula is C13H13BrN2O. The Balaban J connectivity index is 2.19. The summed E-state index contributed by atoms with van der Waals surface area (Å²) in [5.74, 6) is 1.37. The van der Waals surface area contributed by atoms with Crippen LogP contribution in [-0.2, 0) is 5.33 Å². The van der Waals surface area contributed by atoms with Crippen molar-refractivity contribution < 1.29 is 4.74 Å². The predicted octanol–water partition coefficient (Wildman–Crippen LogP) is 3.54. The topological polar surface area (TPSA) is 61.3 Å². The highest BCUT2D eigenvalue weighted by molar-refractivity contribution is 9.08. The summed E-state index contributed by atoms with van der Waals surface area (Å²) in [5.41, 5.74) is 13.8. The predicted molar refractivity (Wildman–Crippen MR) is 74.4 cm³/mol. The number of nitrogens with two attached hydrogens (primary N) is 2. The summed E-state index contributed by atoms with van der Waals surface area (Å²) in [4.78, 5) is 0. The van der Waals surface area contributed by atoms with Crippen LogP contribution in [0.1, 0.15) is 5.56 Å². The summed E-state index contributed by atoms with van der Waals surface area (Å²) in [6.45, 7) is 0. The maximum atomic E-state index is 5.81. The molecule has 0 saturated carbocycles. The first-order chi connectivity index (χ1) is 8.19. The van der Waals surface area contributed by atoms with E-state index in [9.17, 15) is 0 Å². The Morgan fingerprint density at radius 2 is 1.71 bits per heavy atom. The lowest BCUT2D eigenvalue weighted by Crippen LogP contribution is -1.94. The number of anilines is 2. The van der Waals surface area contributed by atoms with Crippen LogP contribution in [0.2, 0.25) is 0 Å². The molecule has 3 nitrogen and oxygen atoms in total. The average molecular weight is 293 g/mol. The SMILES string of the molecule is Nc1ccc(Oc2ccc(CBr)cc2)c(N)c1. The lowest BCUT2D eigenvalue weighted by atomic mass is 10.2. The van der Waals surface area contributed by atoms with Gasteiger partial charge < -0.3 is 16.2 Å². The number of benzene rings is 2. The number of hydrogen-bond acceptors (Lipinski definition) is 3. The third-order valence-corrected chi connectivity index (χ3v) is 2.99. The molecule has 0 unspecified atom stereocenters. The lowest BCUT2D eigenvalue weighted by molar-refractivity contribution is 0.485. The van der Waals surface area contributed by atoms with E-state index < -0.39 is 0 Å². The van der Waals surface area contributed by atoms with Gasteiger partial charge in [-0.1, -0.05) is 28.1 Å². The molecule has 0 radical (unpaired) electrons. The highest BCUT2D eigenvalue weighted by Crippen LogP contribution is 2.29. The van der Waals surface area contributed by atoms with Gasteiger partial charge in [0.2, 0.25) is 0 Å². The molecule has 0 atom stereocenters. The molecule has 0 aromatic heterocycles. The number of nitrogen functional groups attached to an aromatic ring is 2. The fourth-order valence-corrected chi connectivity index (χ4v) is 1.81. The third-order valence-electron chi connectivity index (χ3n) is 2.34. The van der Waals surface area contributed by atoms with Gasteiger partial charge in [0.25, 0.3) is 0 Å². The Bertz CT molecular complexity index is 511. The molecular weight excluding hydrogens is 280 g/mol. The van der Waals surface area contributed by atoms with Crippen molar-refractivity contribution in [1.82, 2.24) is 0 Å². The second-order valence-electron chi connectivity index (χ2n) is 3.68. The van der Waals surface area contributed by atoms with E-state index in [0.717, 1.165) is 11.1 Å². The Morgan fingerprint density at radius 1 is 1.00 bits per heavy atom. The van der Waals surface area contributed by atoms with E-state index >= 15 is 0 Å². The zero-order valence-corrected chi connectivity index (χ0v) is 10.8. The fraction of sp³-hybridized carbons (Fsp3) is 0.0769. The van der Waals surface area contributed by atoms with Crippen molar-refractivity contribution in [3.63, 3.8) is 0 Å². The molecule has 4 heteroatoms. The minimum Gasteiger partial charge on any atom is -0.455 e. The van der Waals surface area contributed by atoms with E-state index in [4.69, 9.17) is 16.2 Å². The number of halogens is 1. The molecule has 4 N–H and O–H groups in total. The van der Waals surface area contributed by atoms with Crippen LogP contribution in [0, 0.1) is 0 Å². The standard InChI is InChI=1S/C13H13BrN2O/c14-8-9-1-4-11(5-2-9)17-13-6-3-10(15)7-12(13)16/h1-7H,8,15-16H2. The van der Waals surface area contributed by atoms with Crippen molar-refractivity contribution in [2.24, 2.45) is 0 Å². The van der Waals surface area contributed by atoms with Crippen LogP contribution in [-0.4, -0.2) is 0 Å². The van der Waals surface area contributed by atoms with Gasteiger partial charge in [-0.3, -0.25) is 0 Å². The highest BCUT2D eigenvalue weighted by Gasteiger charge is 2.02. The summed E-state index contributed by atoms with van der Waals surface area (Å²) in [7, 11) is 0. The van der Waals surface area contributed by atoms with Crippen LogP contribution in [0.5, 0.6) is 11.5 Å². The van der Waals surface area contributed by atoms with Crippen LogP contribution in [0.15, 0.2) is 42.5 Å². The van der Waals surface area contributed by atoms with Crippen molar-refractivity contribution >= 4 is 27.3 Å². The first kappa shape index (κ1) is 11.8. The zero-order chi connectivity index (χ0) is 12.3. The molecule has 2 aromatic carbocycles. The molecule has 2 aromatic rings. The first-order valence-corrected chi connectivity index (χ1v) is 6.29. The van der Waals surface area contributed by atoms with E-state index in [1.807, 2.05) is 24.3 Å². The van der Waals surface area contributed by atoms with Crippen molar-refractivity contribution in [2.75, 3.05) is 11.5 Å². The van der Waals surface area contributed by atoms with E-state index in [1.165, 1.54) is 5.56 Å². The van der Waals surface area contributed by atoms with E-state index in [2.05, 4.69) is 15.9 Å².